The Morgan fingerprint density at radius 3 is 2.75 bits per heavy atom. The van der Waals surface area contributed by atoms with Crippen LogP contribution in [0.15, 0.2) is 36.7 Å². The quantitative estimate of drug-likeness (QED) is 0.616. The van der Waals surface area contributed by atoms with E-state index in [0.29, 0.717) is 12.5 Å². The number of benzene rings is 1. The maximum absolute atomic E-state index is 12.7. The van der Waals surface area contributed by atoms with Gasteiger partial charge in [-0.25, -0.2) is 15.0 Å². The lowest BCUT2D eigenvalue weighted by atomic mass is 9.96. The third kappa shape index (κ3) is 4.80. The number of aryl methyl sites for hydroxylation is 1. The van der Waals surface area contributed by atoms with Crippen LogP contribution in [0.2, 0.25) is 0 Å². The second-order valence-corrected chi connectivity index (χ2v) is 8.72. The molecule has 0 unspecified atom stereocenters. The average Bonchev–Trinajstić information content (AvgIpc) is 2.79. The number of pyridine rings is 1. The SMILES string of the molecule is Cc1cccc2cc(CNC(=O)c3nccnc3N)c(N(C)CC3CCN(C)CC3)nc12. The van der Waals surface area contributed by atoms with Crippen LogP contribution in [0.1, 0.15) is 34.5 Å². The van der Waals surface area contributed by atoms with Gasteiger partial charge in [-0.2, -0.15) is 0 Å². The van der Waals surface area contributed by atoms with Crippen molar-refractivity contribution in [1.29, 1.82) is 0 Å². The monoisotopic (exact) mass is 433 g/mol. The molecule has 8 heteroatoms. The molecule has 3 aromatic rings. The second-order valence-electron chi connectivity index (χ2n) is 8.72. The largest absolute Gasteiger partial charge is 0.382 e. The van der Waals surface area contributed by atoms with Crippen molar-refractivity contribution in [3.8, 4) is 0 Å². The Bertz CT molecular complexity index is 1110. The number of anilines is 2. The molecule has 0 atom stereocenters. The van der Waals surface area contributed by atoms with E-state index in [9.17, 15) is 4.79 Å². The van der Waals surface area contributed by atoms with Crippen LogP contribution in [0.25, 0.3) is 10.9 Å². The van der Waals surface area contributed by atoms with Crippen LogP contribution in [0.3, 0.4) is 0 Å². The number of nitrogens with zero attached hydrogens (tertiary/aromatic N) is 5. The van der Waals surface area contributed by atoms with Gasteiger partial charge in [0.25, 0.3) is 5.91 Å². The number of piperidine rings is 1. The number of carbonyl (C=O) groups is 1. The van der Waals surface area contributed by atoms with Gasteiger partial charge in [0.05, 0.1) is 5.52 Å². The van der Waals surface area contributed by atoms with E-state index in [1.807, 2.05) is 6.07 Å². The zero-order valence-electron chi connectivity index (χ0n) is 19.0. The Kier molecular flexibility index (Phi) is 6.50. The fraction of sp³-hybridized carbons (Fsp3) is 0.417. The van der Waals surface area contributed by atoms with Gasteiger partial charge >= 0.3 is 0 Å². The summed E-state index contributed by atoms with van der Waals surface area (Å²) in [5.41, 5.74) is 9.05. The predicted molar refractivity (Wildman–Crippen MR) is 128 cm³/mol. The minimum Gasteiger partial charge on any atom is -0.382 e. The molecule has 4 rings (SSSR count). The van der Waals surface area contributed by atoms with E-state index < -0.39 is 0 Å². The molecule has 1 aliphatic rings. The minimum atomic E-state index is -0.344. The first-order chi connectivity index (χ1) is 15.4. The zero-order valence-corrected chi connectivity index (χ0v) is 19.0. The molecule has 0 spiro atoms. The molecule has 3 N–H and O–H groups in total. The number of hydrogen-bond donors (Lipinski definition) is 2. The summed E-state index contributed by atoms with van der Waals surface area (Å²) in [5.74, 6) is 1.31. The highest BCUT2D eigenvalue weighted by molar-refractivity contribution is 5.96. The van der Waals surface area contributed by atoms with Gasteiger partial charge in [0, 0.05) is 43.5 Å². The van der Waals surface area contributed by atoms with Crippen molar-refractivity contribution >= 4 is 28.4 Å². The molecule has 2 aromatic heterocycles. The van der Waals surface area contributed by atoms with Crippen molar-refractivity contribution in [1.82, 2.24) is 25.2 Å². The maximum atomic E-state index is 12.7. The molecule has 32 heavy (non-hydrogen) atoms. The highest BCUT2D eigenvalue weighted by atomic mass is 16.1. The van der Waals surface area contributed by atoms with Gasteiger partial charge in [0.15, 0.2) is 11.5 Å². The maximum Gasteiger partial charge on any atom is 0.273 e. The molecule has 0 bridgehead atoms. The Morgan fingerprint density at radius 1 is 1.25 bits per heavy atom. The Hall–Kier alpha value is -3.26. The number of rotatable bonds is 6. The van der Waals surface area contributed by atoms with Crippen LogP contribution in [-0.2, 0) is 6.54 Å². The summed E-state index contributed by atoms with van der Waals surface area (Å²) in [6, 6.07) is 8.29. The first-order valence-corrected chi connectivity index (χ1v) is 11.1. The molecular weight excluding hydrogens is 402 g/mol. The van der Waals surface area contributed by atoms with Crippen LogP contribution < -0.4 is 16.0 Å². The molecule has 168 valence electrons. The first kappa shape index (κ1) is 22.0. The van der Waals surface area contributed by atoms with Crippen LogP contribution in [-0.4, -0.2) is 59.5 Å². The van der Waals surface area contributed by atoms with Gasteiger partial charge in [0.2, 0.25) is 0 Å². The number of nitrogens with two attached hydrogens (primary N) is 1. The van der Waals surface area contributed by atoms with Gasteiger partial charge in [-0.3, -0.25) is 4.79 Å². The van der Waals surface area contributed by atoms with Crippen molar-refractivity contribution in [3.05, 3.63) is 53.5 Å². The fourth-order valence-corrected chi connectivity index (χ4v) is 4.34. The Labute approximate surface area is 188 Å². The normalized spacial score (nSPS) is 15.1. The van der Waals surface area contributed by atoms with Gasteiger partial charge in [-0.1, -0.05) is 18.2 Å². The summed E-state index contributed by atoms with van der Waals surface area (Å²) in [6.45, 7) is 5.61. The summed E-state index contributed by atoms with van der Waals surface area (Å²) in [7, 11) is 4.27. The molecule has 0 aliphatic carbocycles. The van der Waals surface area contributed by atoms with E-state index in [2.05, 4.69) is 64.3 Å². The zero-order chi connectivity index (χ0) is 22.7. The molecule has 1 saturated heterocycles. The lowest BCUT2D eigenvalue weighted by Gasteiger charge is -2.32. The lowest BCUT2D eigenvalue weighted by molar-refractivity contribution is 0.0946. The number of nitrogens with one attached hydrogen (secondary N) is 1. The molecule has 0 saturated carbocycles. The molecule has 1 fully saturated rings. The molecule has 1 aromatic carbocycles. The van der Waals surface area contributed by atoms with Gasteiger partial charge in [-0.15, -0.1) is 0 Å². The number of likely N-dealkylation sites (tertiary alicyclic amines) is 1. The first-order valence-electron chi connectivity index (χ1n) is 11.1. The second kappa shape index (κ2) is 9.48. The van der Waals surface area contributed by atoms with Crippen LogP contribution >= 0.6 is 0 Å². The van der Waals surface area contributed by atoms with Gasteiger partial charge in [-0.05, 0) is 57.5 Å². The van der Waals surface area contributed by atoms with Crippen LogP contribution in [0.4, 0.5) is 11.6 Å². The highest BCUT2D eigenvalue weighted by Crippen LogP contribution is 2.27. The van der Waals surface area contributed by atoms with Crippen molar-refractivity contribution in [2.75, 3.05) is 44.4 Å². The minimum absolute atomic E-state index is 0.122. The molecule has 3 heterocycles. The molecular formula is C24H31N7O. The number of aromatic nitrogens is 3. The molecule has 8 nitrogen and oxygen atoms in total. The fourth-order valence-electron chi connectivity index (χ4n) is 4.34. The van der Waals surface area contributed by atoms with Crippen molar-refractivity contribution in [3.63, 3.8) is 0 Å². The molecule has 1 aliphatic heterocycles. The summed E-state index contributed by atoms with van der Waals surface area (Å²) >= 11 is 0. The number of para-hydroxylation sites is 1. The summed E-state index contributed by atoms with van der Waals surface area (Å²) < 4.78 is 0. The van der Waals surface area contributed by atoms with E-state index in [1.54, 1.807) is 0 Å². The molecule has 0 radical (unpaired) electrons. The van der Waals surface area contributed by atoms with E-state index in [-0.39, 0.29) is 17.4 Å². The van der Waals surface area contributed by atoms with Crippen LogP contribution in [0, 0.1) is 12.8 Å². The van der Waals surface area contributed by atoms with E-state index in [1.165, 1.54) is 25.2 Å². The summed E-state index contributed by atoms with van der Waals surface area (Å²) in [4.78, 5) is 30.3. The van der Waals surface area contributed by atoms with E-state index in [0.717, 1.165) is 47.5 Å². The smallest absolute Gasteiger partial charge is 0.273 e. The average molecular weight is 434 g/mol. The highest BCUT2D eigenvalue weighted by Gasteiger charge is 2.21. The van der Waals surface area contributed by atoms with Crippen molar-refractivity contribution < 1.29 is 4.79 Å². The predicted octanol–water partition coefficient (Wildman–Crippen LogP) is 2.62. The number of amides is 1. The standard InChI is InChI=1S/C24H31N7O/c1-16-5-4-6-18-13-19(14-28-24(32)21-22(25)27-10-9-26-21)23(29-20(16)18)31(3)15-17-7-11-30(2)12-8-17/h4-6,9-10,13,17H,7-8,11-12,14-15H2,1-3H3,(H2,25,27)(H,28,32). The number of nitrogen functional groups attached to an aromatic ring is 1. The third-order valence-electron chi connectivity index (χ3n) is 6.22. The molecule has 1 amide bonds. The Morgan fingerprint density at radius 2 is 2.00 bits per heavy atom. The summed E-state index contributed by atoms with van der Waals surface area (Å²) in [6.07, 6.45) is 5.31. The third-order valence-corrected chi connectivity index (χ3v) is 6.22. The Balaban J connectivity index is 1.59. The van der Waals surface area contributed by atoms with Gasteiger partial charge < -0.3 is 20.9 Å². The topological polar surface area (TPSA) is 100 Å². The van der Waals surface area contributed by atoms with Crippen molar-refractivity contribution in [2.45, 2.75) is 26.3 Å². The number of carbonyl (C=O) groups excluding carboxylic acids is 1. The van der Waals surface area contributed by atoms with E-state index >= 15 is 0 Å². The summed E-state index contributed by atoms with van der Waals surface area (Å²) in [5, 5.41) is 4.01. The number of fused-ring (bicyclic) bond motifs is 1. The van der Waals surface area contributed by atoms with Gasteiger partial charge in [0.1, 0.15) is 5.82 Å². The van der Waals surface area contributed by atoms with E-state index in [4.69, 9.17) is 10.7 Å². The van der Waals surface area contributed by atoms with Crippen molar-refractivity contribution in [2.24, 2.45) is 5.92 Å². The van der Waals surface area contributed by atoms with Crippen LogP contribution in [0.5, 0.6) is 0 Å². The lowest BCUT2D eigenvalue weighted by Crippen LogP contribution is -2.36. The number of hydrogen-bond acceptors (Lipinski definition) is 7.